The molecule has 3 atom stereocenters. The van der Waals surface area contributed by atoms with Crippen LogP contribution in [0.2, 0.25) is 0 Å². The zero-order valence-corrected chi connectivity index (χ0v) is 26.0. The van der Waals surface area contributed by atoms with E-state index in [2.05, 4.69) is 29.7 Å². The molecule has 5 aliphatic rings. The molecule has 0 radical (unpaired) electrons. The Morgan fingerprint density at radius 1 is 1.15 bits per heavy atom. The van der Waals surface area contributed by atoms with Crippen LogP contribution in [0.25, 0.3) is 22.0 Å². The van der Waals surface area contributed by atoms with E-state index < -0.39 is 6.04 Å². The zero-order chi connectivity index (χ0) is 31.6. The fourth-order valence-corrected chi connectivity index (χ4v) is 8.97. The Labute approximate surface area is 268 Å². The molecule has 8 nitrogen and oxygen atoms in total. The summed E-state index contributed by atoms with van der Waals surface area (Å²) in [6, 6.07) is 13.7. The second-order valence-electron chi connectivity index (χ2n) is 13.7. The van der Waals surface area contributed by atoms with Gasteiger partial charge in [-0.2, -0.15) is 10.5 Å². The van der Waals surface area contributed by atoms with E-state index in [9.17, 15) is 15.3 Å². The van der Waals surface area contributed by atoms with Gasteiger partial charge in [0.15, 0.2) is 0 Å². The minimum atomic E-state index is -0.407. The highest BCUT2D eigenvalue weighted by Crippen LogP contribution is 2.59. The van der Waals surface area contributed by atoms with Crippen molar-refractivity contribution < 1.29 is 13.9 Å². The average Bonchev–Trinajstić information content (AvgIpc) is 3.35. The lowest BCUT2D eigenvalue weighted by Gasteiger charge is -2.42. The third-order valence-electron chi connectivity index (χ3n) is 11.3. The maximum Gasteiger partial charge on any atom is 0.246 e. The number of anilines is 1. The van der Waals surface area contributed by atoms with Gasteiger partial charge in [-0.1, -0.05) is 24.8 Å². The van der Waals surface area contributed by atoms with E-state index in [1.807, 2.05) is 23.1 Å². The standard InChI is InChI=1S/C37H37FN6O2/c1-2-33(45)44-15-14-42(21-25(44)8-11-39)35-29-18-31(38)28(26-7-3-6-23-16-24-17-27(24)34(23)26)19-32(29)41-36(30(35)20-40)46-22-37-9-4-12-43(37)13-5-10-37/h2-3,6-7,18-19,24-25,27H,1,4-5,8-10,12-17,21-22H2/t24?,25-,27?/m0/s1. The van der Waals surface area contributed by atoms with E-state index >= 15 is 4.39 Å². The van der Waals surface area contributed by atoms with Gasteiger partial charge in [0.1, 0.15) is 24.1 Å². The van der Waals surface area contributed by atoms with Crippen molar-refractivity contribution in [2.45, 2.75) is 62.4 Å². The monoisotopic (exact) mass is 616 g/mol. The number of hydrogen-bond donors (Lipinski definition) is 0. The van der Waals surface area contributed by atoms with E-state index in [4.69, 9.17) is 9.72 Å². The maximum atomic E-state index is 16.3. The van der Waals surface area contributed by atoms with Gasteiger partial charge in [0.25, 0.3) is 0 Å². The summed E-state index contributed by atoms with van der Waals surface area (Å²) in [7, 11) is 0. The second kappa shape index (κ2) is 11.1. The SMILES string of the molecule is C=CC(=O)N1CCN(c2c(C#N)c(OCC34CCCN3CCC4)nc3cc(-c4cccc5c4C4CC4C5)c(F)cc23)C[C@@H]1CC#N. The number of rotatable bonds is 7. The highest BCUT2D eigenvalue weighted by molar-refractivity contribution is 5.99. The van der Waals surface area contributed by atoms with Gasteiger partial charge in [-0.25, -0.2) is 9.37 Å². The van der Waals surface area contributed by atoms with E-state index in [1.165, 1.54) is 23.3 Å². The molecule has 8 rings (SSSR count). The Bertz CT molecular complexity index is 1850. The normalized spacial score (nSPS) is 24.2. The molecule has 0 bridgehead atoms. The van der Waals surface area contributed by atoms with Crippen molar-refractivity contribution in [2.75, 3.05) is 44.2 Å². The minimum absolute atomic E-state index is 0.0442. The van der Waals surface area contributed by atoms with Crippen LogP contribution in [0.1, 0.15) is 61.1 Å². The van der Waals surface area contributed by atoms with Crippen LogP contribution in [0, 0.1) is 34.4 Å². The molecule has 2 aromatic carbocycles. The first-order valence-corrected chi connectivity index (χ1v) is 16.6. The summed E-state index contributed by atoms with van der Waals surface area (Å²) in [6.07, 6.45) is 7.98. The van der Waals surface area contributed by atoms with E-state index in [0.717, 1.165) is 57.2 Å². The Morgan fingerprint density at radius 2 is 1.98 bits per heavy atom. The quantitative estimate of drug-likeness (QED) is 0.315. The second-order valence-corrected chi connectivity index (χ2v) is 13.7. The summed E-state index contributed by atoms with van der Waals surface area (Å²) in [5.74, 6) is 0.839. The zero-order valence-electron chi connectivity index (χ0n) is 26.0. The average molecular weight is 617 g/mol. The molecule has 1 amide bonds. The highest BCUT2D eigenvalue weighted by Gasteiger charge is 2.47. The van der Waals surface area contributed by atoms with Crippen molar-refractivity contribution in [1.82, 2.24) is 14.8 Å². The Morgan fingerprint density at radius 3 is 2.74 bits per heavy atom. The van der Waals surface area contributed by atoms with Gasteiger partial charge in [-0.15, -0.1) is 0 Å². The molecule has 3 saturated heterocycles. The lowest BCUT2D eigenvalue weighted by molar-refractivity contribution is -0.128. The number of ether oxygens (including phenoxy) is 1. The van der Waals surface area contributed by atoms with Crippen molar-refractivity contribution in [3.63, 3.8) is 0 Å². The van der Waals surface area contributed by atoms with Crippen LogP contribution < -0.4 is 9.64 Å². The molecule has 0 N–H and O–H groups in total. The van der Waals surface area contributed by atoms with Gasteiger partial charge in [0.2, 0.25) is 11.8 Å². The predicted molar refractivity (Wildman–Crippen MR) is 173 cm³/mol. The largest absolute Gasteiger partial charge is 0.475 e. The first kappa shape index (κ1) is 29.0. The number of fused-ring (bicyclic) bond motifs is 5. The smallest absolute Gasteiger partial charge is 0.246 e. The van der Waals surface area contributed by atoms with Crippen LogP contribution in [0.15, 0.2) is 43.0 Å². The fourth-order valence-electron chi connectivity index (χ4n) is 8.97. The van der Waals surface area contributed by atoms with Crippen LogP contribution in [0.4, 0.5) is 10.1 Å². The van der Waals surface area contributed by atoms with Crippen molar-refractivity contribution in [2.24, 2.45) is 5.92 Å². The third-order valence-corrected chi connectivity index (χ3v) is 11.3. The minimum Gasteiger partial charge on any atom is -0.475 e. The predicted octanol–water partition coefficient (Wildman–Crippen LogP) is 5.70. The first-order chi connectivity index (χ1) is 22.4. The molecule has 0 spiro atoms. The van der Waals surface area contributed by atoms with Gasteiger partial charge >= 0.3 is 0 Å². The van der Waals surface area contributed by atoms with Gasteiger partial charge in [0.05, 0.1) is 35.3 Å². The summed E-state index contributed by atoms with van der Waals surface area (Å²) in [4.78, 5) is 23.8. The molecule has 234 valence electrons. The molecule has 4 heterocycles. The topological polar surface area (TPSA) is 96.5 Å². The number of piperazine rings is 1. The molecular weight excluding hydrogens is 579 g/mol. The summed E-state index contributed by atoms with van der Waals surface area (Å²) in [5.41, 5.74) is 5.35. The molecular formula is C37H37FN6O2. The number of amides is 1. The van der Waals surface area contributed by atoms with Crippen molar-refractivity contribution in [3.8, 4) is 29.1 Å². The van der Waals surface area contributed by atoms with Crippen molar-refractivity contribution in [3.05, 3.63) is 65.5 Å². The summed E-state index contributed by atoms with van der Waals surface area (Å²) >= 11 is 0. The summed E-state index contributed by atoms with van der Waals surface area (Å²) < 4.78 is 22.9. The summed E-state index contributed by atoms with van der Waals surface area (Å²) in [6.45, 7) is 7.27. The molecule has 1 saturated carbocycles. The molecule has 2 aliphatic carbocycles. The molecule has 3 aliphatic heterocycles. The van der Waals surface area contributed by atoms with Gasteiger partial charge in [-0.05, 0) is 98.3 Å². The van der Waals surface area contributed by atoms with E-state index in [1.54, 1.807) is 4.90 Å². The van der Waals surface area contributed by atoms with E-state index in [-0.39, 0.29) is 35.1 Å². The highest BCUT2D eigenvalue weighted by atomic mass is 19.1. The van der Waals surface area contributed by atoms with Crippen molar-refractivity contribution in [1.29, 1.82) is 10.5 Å². The number of carbonyl (C=O) groups is 1. The number of carbonyl (C=O) groups excluding carboxylic acids is 1. The number of pyridine rings is 1. The van der Waals surface area contributed by atoms with Crippen LogP contribution in [0.5, 0.6) is 5.88 Å². The number of nitriles is 2. The van der Waals surface area contributed by atoms with Crippen LogP contribution in [0.3, 0.4) is 0 Å². The molecule has 3 aromatic rings. The number of benzene rings is 2. The molecule has 46 heavy (non-hydrogen) atoms. The molecule has 1 aromatic heterocycles. The van der Waals surface area contributed by atoms with Crippen LogP contribution >= 0.6 is 0 Å². The molecule has 4 fully saturated rings. The lowest BCUT2D eigenvalue weighted by Crippen LogP contribution is -2.55. The number of aromatic nitrogens is 1. The summed E-state index contributed by atoms with van der Waals surface area (Å²) in [5, 5.41) is 20.8. The number of halogens is 1. The van der Waals surface area contributed by atoms with Crippen LogP contribution in [-0.2, 0) is 11.2 Å². The fraction of sp³-hybridized carbons (Fsp3) is 0.459. The maximum absolute atomic E-state index is 16.3. The number of nitrogens with zero attached hydrogens (tertiary/aromatic N) is 6. The van der Waals surface area contributed by atoms with Crippen molar-refractivity contribution >= 4 is 22.5 Å². The van der Waals surface area contributed by atoms with E-state index in [0.29, 0.717) is 60.2 Å². The number of hydrogen-bond acceptors (Lipinski definition) is 7. The molecule has 9 heteroatoms. The Hall–Kier alpha value is -4.47. The Kier molecular flexibility index (Phi) is 6.99. The molecule has 2 unspecified atom stereocenters. The lowest BCUT2D eigenvalue weighted by atomic mass is 9.92. The van der Waals surface area contributed by atoms with Gasteiger partial charge in [0, 0.05) is 30.6 Å². The Balaban J connectivity index is 1.26. The first-order valence-electron chi connectivity index (χ1n) is 16.6. The van der Waals surface area contributed by atoms with Gasteiger partial charge in [-0.3, -0.25) is 9.69 Å². The van der Waals surface area contributed by atoms with Gasteiger partial charge < -0.3 is 14.5 Å². The van der Waals surface area contributed by atoms with Crippen LogP contribution in [-0.4, -0.2) is 71.6 Å². The third kappa shape index (κ3) is 4.55.